The van der Waals surface area contributed by atoms with Crippen LogP contribution in [-0.4, -0.2) is 11.7 Å². The van der Waals surface area contributed by atoms with Gasteiger partial charge in [0.15, 0.2) is 0 Å². The molecule has 0 saturated carbocycles. The van der Waals surface area contributed by atoms with Gasteiger partial charge in [0.25, 0.3) is 0 Å². The number of carbonyl (C=O) groups excluding carboxylic acids is 1. The normalized spacial score (nSPS) is 16.4. The number of anilines is 1. The molecular weight excluding hydrogens is 390 g/mol. The first-order valence-electron chi connectivity index (χ1n) is 9.08. The fourth-order valence-corrected chi connectivity index (χ4v) is 4.52. The molecule has 0 bridgehead atoms. The monoisotopic (exact) mass is 409 g/mol. The third-order valence-corrected chi connectivity index (χ3v) is 6.12. The van der Waals surface area contributed by atoms with Gasteiger partial charge in [-0.3, -0.25) is 9.69 Å². The van der Waals surface area contributed by atoms with Crippen LogP contribution in [0.4, 0.5) is 5.69 Å². The lowest BCUT2D eigenvalue weighted by molar-refractivity contribution is -0.115. The van der Waals surface area contributed by atoms with Gasteiger partial charge < -0.3 is 4.74 Å². The van der Waals surface area contributed by atoms with E-state index in [1.54, 1.807) is 11.8 Å². The fraction of sp³-hybridized carbons (Fsp3) is 0.174. The molecule has 1 atom stereocenters. The van der Waals surface area contributed by atoms with E-state index in [0.717, 1.165) is 22.6 Å². The molecule has 0 aliphatic carbocycles. The topological polar surface area (TPSA) is 29.5 Å². The van der Waals surface area contributed by atoms with Gasteiger partial charge in [-0.2, -0.15) is 0 Å². The summed E-state index contributed by atoms with van der Waals surface area (Å²) in [7, 11) is 0. The third-order valence-electron chi connectivity index (χ3n) is 4.67. The van der Waals surface area contributed by atoms with Gasteiger partial charge in [0.2, 0.25) is 5.91 Å². The highest BCUT2D eigenvalue weighted by Gasteiger charge is 2.35. The Morgan fingerprint density at radius 2 is 1.75 bits per heavy atom. The van der Waals surface area contributed by atoms with E-state index in [4.69, 9.17) is 16.3 Å². The number of thioether (sulfide) groups is 1. The van der Waals surface area contributed by atoms with Gasteiger partial charge in [0, 0.05) is 16.3 Å². The van der Waals surface area contributed by atoms with Crippen LogP contribution in [0.1, 0.15) is 22.1 Å². The van der Waals surface area contributed by atoms with Crippen LogP contribution in [-0.2, 0) is 11.4 Å². The summed E-state index contributed by atoms with van der Waals surface area (Å²) in [5, 5.41) is 0.532. The van der Waals surface area contributed by atoms with Gasteiger partial charge in [-0.25, -0.2) is 0 Å². The molecule has 4 rings (SSSR count). The Balaban J connectivity index is 1.60. The van der Waals surface area contributed by atoms with Crippen LogP contribution in [0.3, 0.4) is 0 Å². The molecule has 1 amide bonds. The molecule has 0 aromatic heterocycles. The maximum absolute atomic E-state index is 12.6. The number of benzene rings is 3. The van der Waals surface area contributed by atoms with Gasteiger partial charge in [-0.1, -0.05) is 59.6 Å². The van der Waals surface area contributed by atoms with Crippen molar-refractivity contribution in [1.82, 2.24) is 0 Å². The Morgan fingerprint density at radius 3 is 2.50 bits per heavy atom. The minimum atomic E-state index is -0.122. The molecule has 1 aliphatic heterocycles. The number of halogens is 1. The van der Waals surface area contributed by atoms with Crippen LogP contribution in [0, 0.1) is 6.92 Å². The van der Waals surface area contributed by atoms with Crippen molar-refractivity contribution in [2.45, 2.75) is 18.9 Å². The van der Waals surface area contributed by atoms with E-state index in [0.29, 0.717) is 17.4 Å². The third kappa shape index (κ3) is 4.03. The number of aryl methyl sites for hydroxylation is 1. The zero-order valence-electron chi connectivity index (χ0n) is 15.5. The van der Waals surface area contributed by atoms with Gasteiger partial charge in [0.05, 0.1) is 5.75 Å². The molecule has 0 radical (unpaired) electrons. The van der Waals surface area contributed by atoms with Crippen LogP contribution in [0.2, 0.25) is 5.02 Å². The van der Waals surface area contributed by atoms with Crippen molar-refractivity contribution in [1.29, 1.82) is 0 Å². The van der Waals surface area contributed by atoms with Crippen molar-refractivity contribution in [3.63, 3.8) is 0 Å². The number of amides is 1. The maximum Gasteiger partial charge on any atom is 0.238 e. The number of hydrogen-bond donors (Lipinski definition) is 0. The van der Waals surface area contributed by atoms with Crippen molar-refractivity contribution < 1.29 is 9.53 Å². The quantitative estimate of drug-likeness (QED) is 0.517. The summed E-state index contributed by atoms with van der Waals surface area (Å²) in [5.74, 6) is 1.33. The van der Waals surface area contributed by atoms with Gasteiger partial charge in [0.1, 0.15) is 17.7 Å². The molecule has 3 aromatic carbocycles. The van der Waals surface area contributed by atoms with E-state index in [2.05, 4.69) is 31.2 Å². The van der Waals surface area contributed by atoms with Crippen LogP contribution in [0.15, 0.2) is 72.8 Å². The van der Waals surface area contributed by atoms with Crippen LogP contribution in [0.5, 0.6) is 5.75 Å². The Morgan fingerprint density at radius 1 is 1.04 bits per heavy atom. The summed E-state index contributed by atoms with van der Waals surface area (Å²) in [6.45, 7) is 2.56. The lowest BCUT2D eigenvalue weighted by Crippen LogP contribution is -2.28. The van der Waals surface area contributed by atoms with Crippen molar-refractivity contribution in [2.75, 3.05) is 10.7 Å². The average Bonchev–Trinajstić information content (AvgIpc) is 3.10. The van der Waals surface area contributed by atoms with Crippen LogP contribution in [0.25, 0.3) is 0 Å². The van der Waals surface area contributed by atoms with E-state index in [1.807, 2.05) is 53.4 Å². The number of rotatable bonds is 5. The van der Waals surface area contributed by atoms with Gasteiger partial charge in [-0.05, 0) is 42.8 Å². The Hall–Kier alpha value is -2.43. The first-order valence-corrected chi connectivity index (χ1v) is 10.5. The average molecular weight is 410 g/mol. The van der Waals surface area contributed by atoms with Crippen molar-refractivity contribution in [3.05, 3.63) is 94.5 Å². The summed E-state index contributed by atoms with van der Waals surface area (Å²) in [6, 6.07) is 23.6. The van der Waals surface area contributed by atoms with Crippen LogP contribution < -0.4 is 9.64 Å². The molecular formula is C23H20ClNO2S. The van der Waals surface area contributed by atoms with E-state index in [1.165, 1.54) is 5.56 Å². The first kappa shape index (κ1) is 18.9. The minimum Gasteiger partial charge on any atom is -0.489 e. The fourth-order valence-electron chi connectivity index (χ4n) is 3.20. The number of para-hydroxylation sites is 1. The molecule has 0 N–H and O–H groups in total. The second kappa shape index (κ2) is 8.29. The maximum atomic E-state index is 12.6. The Bertz CT molecular complexity index is 973. The highest BCUT2D eigenvalue weighted by molar-refractivity contribution is 8.00. The smallest absolute Gasteiger partial charge is 0.238 e. The molecule has 3 aromatic rings. The number of hydrogen-bond acceptors (Lipinski definition) is 3. The zero-order valence-corrected chi connectivity index (χ0v) is 17.0. The molecule has 5 heteroatoms. The lowest BCUT2D eigenvalue weighted by atomic mass is 10.1. The van der Waals surface area contributed by atoms with Crippen molar-refractivity contribution >= 4 is 35.0 Å². The van der Waals surface area contributed by atoms with Gasteiger partial charge >= 0.3 is 0 Å². The number of ether oxygens (including phenoxy) is 1. The highest BCUT2D eigenvalue weighted by atomic mass is 35.5. The predicted molar refractivity (Wildman–Crippen MR) is 116 cm³/mol. The molecule has 3 nitrogen and oxygen atoms in total. The lowest BCUT2D eigenvalue weighted by Gasteiger charge is -2.26. The summed E-state index contributed by atoms with van der Waals surface area (Å²) in [6.07, 6.45) is 0. The standard InChI is InChI=1S/C23H20ClNO2S/c1-16-6-8-17(9-7-16)14-27-21-5-3-2-4-20(21)23-25(22(26)15-28-23)19-12-10-18(24)11-13-19/h2-13,23H,14-15H2,1H3/t23-/m1/s1. The van der Waals surface area contributed by atoms with Crippen molar-refractivity contribution in [2.24, 2.45) is 0 Å². The Labute approximate surface area is 174 Å². The van der Waals surface area contributed by atoms with E-state index in [9.17, 15) is 4.79 Å². The zero-order chi connectivity index (χ0) is 19.5. The predicted octanol–water partition coefficient (Wildman–Crippen LogP) is 6.01. The molecule has 142 valence electrons. The molecule has 0 spiro atoms. The number of nitrogens with zero attached hydrogens (tertiary/aromatic N) is 1. The second-order valence-corrected chi connectivity index (χ2v) is 8.22. The summed E-state index contributed by atoms with van der Waals surface area (Å²) < 4.78 is 6.14. The summed E-state index contributed by atoms with van der Waals surface area (Å²) in [5.41, 5.74) is 4.19. The molecule has 1 heterocycles. The SMILES string of the molecule is Cc1ccc(COc2ccccc2[C@H]2SCC(=O)N2c2ccc(Cl)cc2)cc1. The molecule has 1 aliphatic rings. The van der Waals surface area contributed by atoms with E-state index in [-0.39, 0.29) is 11.3 Å². The minimum absolute atomic E-state index is 0.0886. The largest absolute Gasteiger partial charge is 0.489 e. The Kier molecular flexibility index (Phi) is 5.60. The van der Waals surface area contributed by atoms with E-state index >= 15 is 0 Å². The molecule has 1 saturated heterocycles. The van der Waals surface area contributed by atoms with Gasteiger partial charge in [-0.15, -0.1) is 11.8 Å². The molecule has 0 unspecified atom stereocenters. The summed E-state index contributed by atoms with van der Waals surface area (Å²) >= 11 is 7.63. The molecule has 28 heavy (non-hydrogen) atoms. The highest BCUT2D eigenvalue weighted by Crippen LogP contribution is 2.45. The van der Waals surface area contributed by atoms with E-state index < -0.39 is 0 Å². The van der Waals surface area contributed by atoms with Crippen molar-refractivity contribution in [3.8, 4) is 5.75 Å². The number of carbonyl (C=O) groups is 1. The first-order chi connectivity index (χ1) is 13.6. The molecule has 1 fully saturated rings. The summed E-state index contributed by atoms with van der Waals surface area (Å²) in [4.78, 5) is 14.4. The van der Waals surface area contributed by atoms with Crippen LogP contribution >= 0.6 is 23.4 Å². The second-order valence-electron chi connectivity index (χ2n) is 6.72.